The van der Waals surface area contributed by atoms with Crippen LogP contribution in [0.5, 0.6) is 0 Å². The van der Waals surface area contributed by atoms with Gasteiger partial charge in [0, 0.05) is 12.1 Å². The van der Waals surface area contributed by atoms with E-state index in [1.165, 1.54) is 29.4 Å². The van der Waals surface area contributed by atoms with E-state index in [0.29, 0.717) is 22.3 Å². The van der Waals surface area contributed by atoms with Crippen molar-refractivity contribution >= 4 is 22.6 Å². The van der Waals surface area contributed by atoms with Crippen LogP contribution in [0.3, 0.4) is 0 Å². The van der Waals surface area contributed by atoms with Crippen LogP contribution in [0.4, 0.5) is 5.69 Å². The van der Waals surface area contributed by atoms with E-state index in [-0.39, 0.29) is 29.0 Å². The molecule has 31 heavy (non-hydrogen) atoms. The van der Waals surface area contributed by atoms with E-state index in [2.05, 4.69) is 0 Å². The second-order valence-electron chi connectivity index (χ2n) is 7.44. The largest absolute Gasteiger partial charge is 0.467 e. The lowest BCUT2D eigenvalue weighted by atomic mass is 9.97. The number of furan rings is 1. The van der Waals surface area contributed by atoms with E-state index in [0.717, 1.165) is 5.56 Å². The highest BCUT2D eigenvalue weighted by Gasteiger charge is 2.43. The lowest BCUT2D eigenvalue weighted by Gasteiger charge is -2.24. The molecule has 4 aromatic rings. The van der Waals surface area contributed by atoms with Gasteiger partial charge < -0.3 is 13.7 Å². The fraction of sp³-hybridized carbons (Fsp3) is 0.130. The van der Waals surface area contributed by atoms with Crippen molar-refractivity contribution in [3.05, 3.63) is 109 Å². The number of nitro groups is 1. The van der Waals surface area contributed by atoms with Gasteiger partial charge in [-0.1, -0.05) is 23.8 Å². The van der Waals surface area contributed by atoms with Gasteiger partial charge in [0.1, 0.15) is 11.3 Å². The second kappa shape index (κ2) is 6.94. The summed E-state index contributed by atoms with van der Waals surface area (Å²) in [6.45, 7) is 1.94. The molecule has 0 radical (unpaired) electrons. The number of benzene rings is 2. The summed E-state index contributed by atoms with van der Waals surface area (Å²) >= 11 is 0. The summed E-state index contributed by atoms with van der Waals surface area (Å²) < 4.78 is 11.3. The minimum atomic E-state index is -0.839. The van der Waals surface area contributed by atoms with Crippen LogP contribution < -0.4 is 5.43 Å². The first kappa shape index (κ1) is 18.8. The number of fused-ring (bicyclic) bond motifs is 2. The first-order chi connectivity index (χ1) is 14.9. The number of carbonyl (C=O) groups excluding carboxylic acids is 1. The summed E-state index contributed by atoms with van der Waals surface area (Å²) in [7, 11) is 0. The van der Waals surface area contributed by atoms with E-state index < -0.39 is 16.9 Å². The zero-order valence-corrected chi connectivity index (χ0v) is 16.4. The molecule has 0 aliphatic carbocycles. The number of nitrogens with zero attached hydrogens (tertiary/aromatic N) is 2. The van der Waals surface area contributed by atoms with Gasteiger partial charge in [-0.2, -0.15) is 0 Å². The molecule has 0 bridgehead atoms. The number of rotatable bonds is 4. The number of hydrogen-bond donors (Lipinski definition) is 0. The monoisotopic (exact) mass is 416 g/mol. The molecule has 2 aromatic carbocycles. The van der Waals surface area contributed by atoms with Crippen molar-refractivity contribution in [2.45, 2.75) is 19.5 Å². The highest BCUT2D eigenvalue weighted by Crippen LogP contribution is 2.40. The van der Waals surface area contributed by atoms with Gasteiger partial charge in [-0.05, 0) is 36.8 Å². The Morgan fingerprint density at radius 2 is 1.94 bits per heavy atom. The third kappa shape index (κ3) is 3.00. The first-order valence-electron chi connectivity index (χ1n) is 9.59. The van der Waals surface area contributed by atoms with Gasteiger partial charge in [0.05, 0.1) is 34.7 Å². The maximum Gasteiger partial charge on any atom is 0.291 e. The number of nitro benzene ring substituents is 1. The molecule has 0 spiro atoms. The van der Waals surface area contributed by atoms with Gasteiger partial charge in [0.15, 0.2) is 5.43 Å². The molecule has 0 unspecified atom stereocenters. The Hall–Kier alpha value is -4.20. The summed E-state index contributed by atoms with van der Waals surface area (Å²) in [5.74, 6) is -0.00340. The van der Waals surface area contributed by atoms with Crippen LogP contribution in [0.2, 0.25) is 0 Å². The molecular formula is C23H16N2O6. The van der Waals surface area contributed by atoms with Gasteiger partial charge >= 0.3 is 0 Å². The number of amides is 1. The Morgan fingerprint density at radius 1 is 1.10 bits per heavy atom. The van der Waals surface area contributed by atoms with Crippen molar-refractivity contribution in [2.24, 2.45) is 0 Å². The molecule has 3 heterocycles. The zero-order chi connectivity index (χ0) is 21.7. The third-order valence-electron chi connectivity index (χ3n) is 5.42. The summed E-state index contributed by atoms with van der Waals surface area (Å²) in [6.07, 6.45) is 1.49. The van der Waals surface area contributed by atoms with Crippen LogP contribution in [0.25, 0.3) is 11.0 Å². The number of non-ortho nitro benzene ring substituents is 1. The molecule has 1 aliphatic heterocycles. The van der Waals surface area contributed by atoms with Gasteiger partial charge in [-0.25, -0.2) is 0 Å². The van der Waals surface area contributed by atoms with Crippen molar-refractivity contribution in [3.63, 3.8) is 0 Å². The van der Waals surface area contributed by atoms with Crippen LogP contribution in [-0.4, -0.2) is 15.7 Å². The highest BCUT2D eigenvalue weighted by atomic mass is 16.6. The maximum atomic E-state index is 13.5. The molecule has 0 N–H and O–H groups in total. The third-order valence-corrected chi connectivity index (χ3v) is 5.42. The van der Waals surface area contributed by atoms with Gasteiger partial charge in [0.2, 0.25) is 5.76 Å². The Bertz CT molecular complexity index is 1400. The Balaban J connectivity index is 1.76. The van der Waals surface area contributed by atoms with E-state index in [4.69, 9.17) is 8.83 Å². The Labute approximate surface area is 175 Å². The number of carbonyl (C=O) groups is 1. The quantitative estimate of drug-likeness (QED) is 0.362. The van der Waals surface area contributed by atoms with Gasteiger partial charge in [-0.3, -0.25) is 19.7 Å². The fourth-order valence-electron chi connectivity index (χ4n) is 4.02. The lowest BCUT2D eigenvalue weighted by Crippen LogP contribution is -2.29. The average molecular weight is 416 g/mol. The topological polar surface area (TPSA) is 107 Å². The predicted octanol–water partition coefficient (Wildman–Crippen LogP) is 4.35. The molecule has 0 saturated heterocycles. The molecule has 0 saturated carbocycles. The fourth-order valence-corrected chi connectivity index (χ4v) is 4.02. The first-order valence-corrected chi connectivity index (χ1v) is 9.59. The molecule has 2 aromatic heterocycles. The van der Waals surface area contributed by atoms with Crippen LogP contribution in [0.15, 0.2) is 74.5 Å². The van der Waals surface area contributed by atoms with E-state index in [1.807, 2.05) is 6.92 Å². The molecular weight excluding hydrogens is 400 g/mol. The molecule has 0 fully saturated rings. The van der Waals surface area contributed by atoms with Crippen LogP contribution in [0.1, 0.15) is 39.0 Å². The smallest absolute Gasteiger partial charge is 0.291 e. The molecule has 5 rings (SSSR count). The summed E-state index contributed by atoms with van der Waals surface area (Å²) in [5, 5.41) is 11.7. The molecule has 1 aliphatic rings. The lowest BCUT2D eigenvalue weighted by molar-refractivity contribution is -0.384. The normalized spacial score (nSPS) is 15.5. The Morgan fingerprint density at radius 3 is 2.68 bits per heavy atom. The minimum absolute atomic E-state index is 0.0515. The molecule has 8 nitrogen and oxygen atoms in total. The average Bonchev–Trinajstić information content (AvgIpc) is 3.36. The Kier molecular flexibility index (Phi) is 4.21. The molecule has 1 atom stereocenters. The number of aryl methyl sites for hydroxylation is 1. The van der Waals surface area contributed by atoms with E-state index in [1.54, 1.807) is 36.4 Å². The van der Waals surface area contributed by atoms with Crippen molar-refractivity contribution < 1.29 is 18.6 Å². The summed E-state index contributed by atoms with van der Waals surface area (Å²) in [6, 6.07) is 13.7. The van der Waals surface area contributed by atoms with Crippen molar-refractivity contribution in [1.82, 2.24) is 4.90 Å². The molecule has 8 heteroatoms. The minimum Gasteiger partial charge on any atom is -0.467 e. The van der Waals surface area contributed by atoms with Crippen LogP contribution in [0, 0.1) is 17.0 Å². The molecule has 154 valence electrons. The van der Waals surface area contributed by atoms with Crippen molar-refractivity contribution in [2.75, 3.05) is 0 Å². The predicted molar refractivity (Wildman–Crippen MR) is 111 cm³/mol. The molecule has 1 amide bonds. The second-order valence-corrected chi connectivity index (χ2v) is 7.44. The maximum absolute atomic E-state index is 13.5. The van der Waals surface area contributed by atoms with Crippen molar-refractivity contribution in [3.8, 4) is 0 Å². The van der Waals surface area contributed by atoms with Crippen LogP contribution >= 0.6 is 0 Å². The zero-order valence-electron chi connectivity index (χ0n) is 16.4. The van der Waals surface area contributed by atoms with Gasteiger partial charge in [0.25, 0.3) is 11.6 Å². The van der Waals surface area contributed by atoms with Gasteiger partial charge in [-0.15, -0.1) is 0 Å². The standard InChI is InChI=1S/C23H16N2O6/c1-13-7-8-18-17(10-13)21(26)19-20(14-4-2-5-15(11-14)25(28)29)24(23(27)22(19)31-18)12-16-6-3-9-30-16/h2-11,20H,12H2,1H3/t20-/m1/s1. The summed E-state index contributed by atoms with van der Waals surface area (Å²) in [5.41, 5.74) is 1.37. The van der Waals surface area contributed by atoms with E-state index in [9.17, 15) is 19.7 Å². The summed E-state index contributed by atoms with van der Waals surface area (Å²) in [4.78, 5) is 39.0. The van der Waals surface area contributed by atoms with E-state index >= 15 is 0 Å². The van der Waals surface area contributed by atoms with Crippen molar-refractivity contribution in [1.29, 1.82) is 0 Å². The number of hydrogen-bond acceptors (Lipinski definition) is 6. The van der Waals surface area contributed by atoms with Crippen LogP contribution in [-0.2, 0) is 6.54 Å². The highest BCUT2D eigenvalue weighted by molar-refractivity contribution is 5.99. The SMILES string of the molecule is Cc1ccc2oc3c(c(=O)c2c1)[C@@H](c1cccc([N+](=O)[O-])c1)N(Cc1ccco1)C3=O.